The molecule has 0 spiro atoms. The van der Waals surface area contributed by atoms with Crippen LogP contribution in [0.5, 0.6) is 0 Å². The van der Waals surface area contributed by atoms with E-state index >= 15 is 0 Å². The van der Waals surface area contributed by atoms with Gasteiger partial charge in [0.1, 0.15) is 10.6 Å². The minimum Gasteiger partial charge on any atom is -0.279 e. The molecule has 0 N–H and O–H groups in total. The van der Waals surface area contributed by atoms with E-state index in [4.69, 9.17) is 11.6 Å². The van der Waals surface area contributed by atoms with Crippen LogP contribution in [-0.2, 0) is 4.79 Å². The van der Waals surface area contributed by atoms with E-state index in [0.29, 0.717) is 4.60 Å². The first-order valence-corrected chi connectivity index (χ1v) is 5.51. The third kappa shape index (κ3) is 2.14. The van der Waals surface area contributed by atoms with Gasteiger partial charge in [-0.1, -0.05) is 0 Å². The Morgan fingerprint density at radius 3 is 2.46 bits per heavy atom. The molecule has 0 aliphatic heterocycles. The molecule has 3 nitrogen and oxygen atoms in total. The zero-order valence-corrected chi connectivity index (χ0v) is 10.9. The molecule has 0 bridgehead atoms. The number of carbonyl (C=O) groups excluding carboxylic acids is 1. The average Bonchev–Trinajstić information content (AvgIpc) is 2.31. The zero-order chi connectivity index (χ0) is 10.2. The standard InChI is InChI=1S/C7H7Br2ClN2O/c1-3-5(8)6(9)11-12(3)4(2)7(10)13/h4H,1-2H3. The fourth-order valence-electron chi connectivity index (χ4n) is 0.937. The van der Waals surface area contributed by atoms with E-state index in [1.165, 1.54) is 0 Å². The number of nitrogens with zero attached hydrogens (tertiary/aromatic N) is 2. The first-order valence-electron chi connectivity index (χ1n) is 3.54. The first kappa shape index (κ1) is 11.2. The van der Waals surface area contributed by atoms with E-state index in [0.717, 1.165) is 10.2 Å². The Labute approximate surface area is 97.7 Å². The Morgan fingerprint density at radius 2 is 2.15 bits per heavy atom. The predicted molar refractivity (Wildman–Crippen MR) is 57.9 cm³/mol. The van der Waals surface area contributed by atoms with Gasteiger partial charge in [-0.05, 0) is 57.3 Å². The number of hydrogen-bond acceptors (Lipinski definition) is 2. The lowest BCUT2D eigenvalue weighted by atomic mass is 10.3. The summed E-state index contributed by atoms with van der Waals surface area (Å²) in [4.78, 5) is 10.9. The molecular weight excluding hydrogens is 323 g/mol. The molecule has 1 aromatic rings. The summed E-state index contributed by atoms with van der Waals surface area (Å²) < 4.78 is 3.09. The molecule has 0 aromatic carbocycles. The molecule has 0 aliphatic carbocycles. The summed E-state index contributed by atoms with van der Waals surface area (Å²) in [7, 11) is 0. The van der Waals surface area contributed by atoms with E-state index in [2.05, 4.69) is 37.0 Å². The van der Waals surface area contributed by atoms with Crippen molar-refractivity contribution in [1.82, 2.24) is 9.78 Å². The molecular formula is C7H7Br2ClN2O. The topological polar surface area (TPSA) is 34.9 Å². The number of rotatable bonds is 2. The molecule has 1 atom stereocenters. The van der Waals surface area contributed by atoms with Crippen molar-refractivity contribution in [2.24, 2.45) is 0 Å². The number of halogens is 3. The Balaban J connectivity index is 3.15. The lowest BCUT2D eigenvalue weighted by Gasteiger charge is -2.08. The van der Waals surface area contributed by atoms with Crippen molar-refractivity contribution in [3.63, 3.8) is 0 Å². The fourth-order valence-corrected chi connectivity index (χ4v) is 1.75. The summed E-state index contributed by atoms with van der Waals surface area (Å²) in [6.07, 6.45) is 0. The summed E-state index contributed by atoms with van der Waals surface area (Å²) in [5.41, 5.74) is 0.869. The Morgan fingerprint density at radius 1 is 1.62 bits per heavy atom. The highest BCUT2D eigenvalue weighted by molar-refractivity contribution is 9.13. The molecule has 1 unspecified atom stereocenters. The van der Waals surface area contributed by atoms with Gasteiger partial charge < -0.3 is 0 Å². The van der Waals surface area contributed by atoms with Crippen molar-refractivity contribution in [3.05, 3.63) is 14.8 Å². The molecule has 0 amide bonds. The number of carbonyl (C=O) groups is 1. The van der Waals surface area contributed by atoms with Crippen molar-refractivity contribution in [2.45, 2.75) is 19.9 Å². The van der Waals surface area contributed by atoms with Crippen LogP contribution >= 0.6 is 43.5 Å². The first-order chi connectivity index (χ1) is 5.95. The lowest BCUT2D eigenvalue weighted by molar-refractivity contribution is -0.114. The smallest absolute Gasteiger partial charge is 0.245 e. The molecule has 0 saturated heterocycles. The van der Waals surface area contributed by atoms with Crippen LogP contribution in [0.3, 0.4) is 0 Å². The highest BCUT2D eigenvalue weighted by Gasteiger charge is 2.18. The minimum atomic E-state index is -0.440. The molecule has 13 heavy (non-hydrogen) atoms. The molecule has 72 valence electrons. The van der Waals surface area contributed by atoms with E-state index in [1.54, 1.807) is 11.6 Å². The minimum absolute atomic E-state index is 0.425. The van der Waals surface area contributed by atoms with E-state index in [-0.39, 0.29) is 0 Å². The summed E-state index contributed by atoms with van der Waals surface area (Å²) in [6, 6.07) is -0.440. The van der Waals surface area contributed by atoms with Gasteiger partial charge in [0.05, 0.1) is 10.2 Å². The van der Waals surface area contributed by atoms with Crippen LogP contribution in [0.2, 0.25) is 0 Å². The van der Waals surface area contributed by atoms with Gasteiger partial charge in [0, 0.05) is 0 Å². The van der Waals surface area contributed by atoms with Crippen LogP contribution in [0.25, 0.3) is 0 Å². The van der Waals surface area contributed by atoms with Crippen LogP contribution < -0.4 is 0 Å². The molecule has 1 aromatic heterocycles. The predicted octanol–water partition coefficient (Wildman–Crippen LogP) is 3.04. The molecule has 1 heterocycles. The summed E-state index contributed by atoms with van der Waals surface area (Å²) in [5, 5.41) is 3.69. The van der Waals surface area contributed by atoms with Gasteiger partial charge in [-0.25, -0.2) is 0 Å². The van der Waals surface area contributed by atoms with Crippen LogP contribution in [-0.4, -0.2) is 15.0 Å². The highest BCUT2D eigenvalue weighted by atomic mass is 79.9. The fraction of sp³-hybridized carbons (Fsp3) is 0.429. The van der Waals surface area contributed by atoms with Crippen LogP contribution in [0.15, 0.2) is 9.08 Å². The van der Waals surface area contributed by atoms with Gasteiger partial charge in [0.25, 0.3) is 0 Å². The number of aromatic nitrogens is 2. The van der Waals surface area contributed by atoms with E-state index in [9.17, 15) is 4.79 Å². The molecule has 0 fully saturated rings. The molecule has 0 aliphatic rings. The third-order valence-corrected chi connectivity index (χ3v) is 4.09. The molecule has 1 rings (SSSR count). The van der Waals surface area contributed by atoms with Crippen molar-refractivity contribution < 1.29 is 4.79 Å². The maximum absolute atomic E-state index is 10.9. The van der Waals surface area contributed by atoms with Crippen LogP contribution in [0.1, 0.15) is 18.7 Å². The Hall–Kier alpha value is 0.130. The SMILES string of the molecule is Cc1c(Br)c(Br)nn1C(C)C(=O)Cl. The van der Waals surface area contributed by atoms with Crippen LogP contribution in [0, 0.1) is 6.92 Å². The Bertz CT molecular complexity index is 351. The van der Waals surface area contributed by atoms with Crippen molar-refractivity contribution in [2.75, 3.05) is 0 Å². The second kappa shape index (κ2) is 4.11. The average molecular weight is 330 g/mol. The zero-order valence-electron chi connectivity index (χ0n) is 7.01. The van der Waals surface area contributed by atoms with Gasteiger partial charge in [-0.2, -0.15) is 5.10 Å². The molecule has 6 heteroatoms. The maximum Gasteiger partial charge on any atom is 0.245 e. The second-order valence-electron chi connectivity index (χ2n) is 2.61. The summed E-state index contributed by atoms with van der Waals surface area (Å²) in [5.74, 6) is 0. The maximum atomic E-state index is 10.9. The van der Waals surface area contributed by atoms with Gasteiger partial charge in [-0.3, -0.25) is 9.48 Å². The number of hydrogen-bond donors (Lipinski definition) is 0. The molecule has 0 saturated carbocycles. The van der Waals surface area contributed by atoms with Crippen molar-refractivity contribution in [3.8, 4) is 0 Å². The summed E-state index contributed by atoms with van der Waals surface area (Å²) >= 11 is 11.9. The van der Waals surface area contributed by atoms with Gasteiger partial charge >= 0.3 is 0 Å². The van der Waals surface area contributed by atoms with Gasteiger partial charge in [0.15, 0.2) is 0 Å². The Kier molecular flexibility index (Phi) is 3.54. The quantitative estimate of drug-likeness (QED) is 0.781. The summed E-state index contributed by atoms with van der Waals surface area (Å²) in [6.45, 7) is 3.56. The van der Waals surface area contributed by atoms with Crippen molar-refractivity contribution in [1.29, 1.82) is 0 Å². The second-order valence-corrected chi connectivity index (χ2v) is 4.53. The van der Waals surface area contributed by atoms with Gasteiger partial charge in [0.2, 0.25) is 5.24 Å². The third-order valence-electron chi connectivity index (χ3n) is 1.73. The van der Waals surface area contributed by atoms with Crippen molar-refractivity contribution >= 4 is 48.7 Å². The van der Waals surface area contributed by atoms with Gasteiger partial charge in [-0.15, -0.1) is 0 Å². The van der Waals surface area contributed by atoms with E-state index in [1.807, 2.05) is 6.92 Å². The van der Waals surface area contributed by atoms with E-state index < -0.39 is 11.3 Å². The lowest BCUT2D eigenvalue weighted by Crippen LogP contribution is -2.14. The normalized spacial score (nSPS) is 13.0. The molecule has 0 radical (unpaired) electrons. The van der Waals surface area contributed by atoms with Crippen LogP contribution in [0.4, 0.5) is 0 Å². The largest absolute Gasteiger partial charge is 0.279 e. The monoisotopic (exact) mass is 328 g/mol. The highest BCUT2D eigenvalue weighted by Crippen LogP contribution is 2.27.